The van der Waals surface area contributed by atoms with Gasteiger partial charge in [-0.25, -0.2) is 0 Å². The minimum Gasteiger partial charge on any atom is -0.719 e. The molecule has 0 aromatic heterocycles. The molecule has 4 heteroatoms. The van der Waals surface area contributed by atoms with Crippen LogP contribution in [0.2, 0.25) is 0 Å². The molecule has 32 valence electrons. The standard InChI is InChI=1S/CH3NOS.H2I/c2-1(3)4;/h(H3,2,3,4);1H2/q;+1/p-1. The van der Waals surface area contributed by atoms with Gasteiger partial charge in [0, 0.05) is 0 Å². The normalized spacial score (nSPS) is 4.80. The van der Waals surface area contributed by atoms with Gasteiger partial charge in [-0.2, -0.15) is 0 Å². The summed E-state index contributed by atoms with van der Waals surface area (Å²) in [4.78, 5) is 9.04. The SMILES string of the molecule is NC(=O)[S-].[IH2+]. The van der Waals surface area contributed by atoms with Crippen LogP contribution in [0.4, 0.5) is 4.79 Å². The number of carbonyl (C=O) groups excluding carboxylic acids is 1. The Labute approximate surface area is 52.5 Å². The van der Waals surface area contributed by atoms with Crippen molar-refractivity contribution in [3.63, 3.8) is 0 Å². The van der Waals surface area contributed by atoms with E-state index in [4.69, 9.17) is 4.79 Å². The van der Waals surface area contributed by atoms with E-state index in [2.05, 4.69) is 18.4 Å². The third-order valence-electron chi connectivity index (χ3n) is 0. The molecule has 0 radical (unpaired) electrons. The predicted molar refractivity (Wildman–Crippen MR) is 19.7 cm³/mol. The number of carbonyl (C=O) groups is 1. The Morgan fingerprint density at radius 3 is 1.80 bits per heavy atom. The molecule has 0 unspecified atom stereocenters. The predicted octanol–water partition coefficient (Wildman–Crippen LogP) is -3.92. The second-order valence-corrected chi connectivity index (χ2v) is 0.721. The lowest BCUT2D eigenvalue weighted by Crippen LogP contribution is -3.00. The third kappa shape index (κ3) is 147. The van der Waals surface area contributed by atoms with Crippen molar-refractivity contribution in [2.45, 2.75) is 0 Å². The van der Waals surface area contributed by atoms with Crippen LogP contribution in [0.15, 0.2) is 0 Å². The molecule has 0 spiro atoms. The Morgan fingerprint density at radius 2 is 1.80 bits per heavy atom. The first-order chi connectivity index (χ1) is 1.73. The Balaban J connectivity index is 0. The van der Waals surface area contributed by atoms with Crippen molar-refractivity contribution in [1.29, 1.82) is 0 Å². The fourth-order valence-corrected chi connectivity index (χ4v) is 0. The van der Waals surface area contributed by atoms with Crippen LogP contribution in [0.3, 0.4) is 0 Å². The van der Waals surface area contributed by atoms with Crippen LogP contribution in [0.1, 0.15) is 0 Å². The van der Waals surface area contributed by atoms with Gasteiger partial charge in [-0.05, 0) is 0 Å². The molecular formula is CH4INOS. The second-order valence-electron chi connectivity index (χ2n) is 0.319. The summed E-state index contributed by atoms with van der Waals surface area (Å²) < 4.78 is 0. The van der Waals surface area contributed by atoms with Crippen LogP contribution in [-0.4, -0.2) is 5.24 Å². The van der Waals surface area contributed by atoms with Crippen LogP contribution < -0.4 is 29.7 Å². The van der Waals surface area contributed by atoms with E-state index in [9.17, 15) is 0 Å². The number of primary amides is 1. The minimum absolute atomic E-state index is 0. The fourth-order valence-electron chi connectivity index (χ4n) is 0. The number of rotatable bonds is 0. The molecule has 0 fully saturated rings. The number of halogens is 1. The topological polar surface area (TPSA) is 43.1 Å². The molecule has 0 saturated heterocycles. The first-order valence-corrected chi connectivity index (χ1v) is 1.11. The molecule has 0 saturated carbocycles. The Morgan fingerprint density at radius 1 is 1.80 bits per heavy atom. The van der Waals surface area contributed by atoms with E-state index in [1.54, 1.807) is 0 Å². The number of nitrogens with two attached hydrogens (primary N) is 1. The smallest absolute Gasteiger partial charge is 0.235 e. The van der Waals surface area contributed by atoms with Crippen molar-refractivity contribution in [2.24, 2.45) is 5.73 Å². The molecule has 0 rings (SSSR count). The molecule has 0 aromatic carbocycles. The molecule has 1 amide bonds. The quantitative estimate of drug-likeness (QED) is 0.324. The van der Waals surface area contributed by atoms with E-state index >= 15 is 0 Å². The summed E-state index contributed by atoms with van der Waals surface area (Å²) in [6, 6.07) is 0. The summed E-state index contributed by atoms with van der Waals surface area (Å²) in [6.07, 6.45) is 0. The summed E-state index contributed by atoms with van der Waals surface area (Å²) >= 11 is 3.76. The molecule has 0 atom stereocenters. The van der Waals surface area contributed by atoms with Gasteiger partial charge < -0.3 is 23.2 Å². The lowest BCUT2D eigenvalue weighted by Gasteiger charge is -1.83. The first-order valence-electron chi connectivity index (χ1n) is 0.697. The lowest BCUT2D eigenvalue weighted by molar-refractivity contribution is -0.00000376. The van der Waals surface area contributed by atoms with E-state index in [1.165, 1.54) is 0 Å². The molecule has 0 aliphatic rings. The van der Waals surface area contributed by atoms with Crippen LogP contribution >= 0.6 is 0 Å². The monoisotopic (exact) mass is 205 g/mol. The van der Waals surface area contributed by atoms with Crippen molar-refractivity contribution in [2.75, 3.05) is 0 Å². The van der Waals surface area contributed by atoms with Crippen LogP contribution in [0.25, 0.3) is 0 Å². The highest BCUT2D eigenvalue weighted by molar-refractivity contribution is 7.76. The van der Waals surface area contributed by atoms with Gasteiger partial charge in [-0.1, -0.05) is 0 Å². The van der Waals surface area contributed by atoms with E-state index in [0.29, 0.717) is 0 Å². The van der Waals surface area contributed by atoms with Gasteiger partial charge in [0.15, 0.2) is 0 Å². The molecule has 0 aliphatic carbocycles. The van der Waals surface area contributed by atoms with E-state index < -0.39 is 5.24 Å². The molecule has 0 aromatic rings. The van der Waals surface area contributed by atoms with Crippen molar-refractivity contribution in [3.05, 3.63) is 0 Å². The highest BCUT2D eigenvalue weighted by atomic mass is 127. The molecule has 0 aliphatic heterocycles. The van der Waals surface area contributed by atoms with Crippen molar-refractivity contribution in [3.8, 4) is 0 Å². The van der Waals surface area contributed by atoms with Crippen LogP contribution in [0, 0.1) is 0 Å². The maximum atomic E-state index is 9.04. The van der Waals surface area contributed by atoms with Gasteiger partial charge in [0.25, 0.3) is 0 Å². The Kier molecular flexibility index (Phi) is 8.00. The summed E-state index contributed by atoms with van der Waals surface area (Å²) in [5.41, 5.74) is 4.29. The van der Waals surface area contributed by atoms with Gasteiger partial charge in [0.2, 0.25) is 24.0 Å². The summed E-state index contributed by atoms with van der Waals surface area (Å²) in [6.45, 7) is 0. The Hall–Kier alpha value is 0.420. The second kappa shape index (κ2) is 4.42. The van der Waals surface area contributed by atoms with Crippen LogP contribution in [0.5, 0.6) is 0 Å². The van der Waals surface area contributed by atoms with Crippen molar-refractivity contribution in [1.82, 2.24) is 0 Å². The van der Waals surface area contributed by atoms with Gasteiger partial charge in [-0.15, -0.1) is 0 Å². The zero-order valence-corrected chi connectivity index (χ0v) is 5.71. The highest BCUT2D eigenvalue weighted by Crippen LogP contribution is 1.40. The average Bonchev–Trinajstić information content (AvgIpc) is 0.811. The van der Waals surface area contributed by atoms with Gasteiger partial charge >= 0.3 is 0 Å². The largest absolute Gasteiger partial charge is 0.719 e. The summed E-state index contributed by atoms with van der Waals surface area (Å²) in [5, 5.41) is -0.750. The molecule has 5 heavy (non-hydrogen) atoms. The number of amides is 1. The minimum atomic E-state index is -0.750. The Bertz CT molecular complexity index is 34.6. The lowest BCUT2D eigenvalue weighted by atomic mass is 11.5. The highest BCUT2D eigenvalue weighted by Gasteiger charge is 1.41. The van der Waals surface area contributed by atoms with Crippen molar-refractivity contribution < 1.29 is 28.8 Å². The van der Waals surface area contributed by atoms with Gasteiger partial charge in [0.1, 0.15) is 0 Å². The van der Waals surface area contributed by atoms with Gasteiger partial charge in [-0.3, -0.25) is 0 Å². The first kappa shape index (κ1) is 9.05. The zero-order valence-electron chi connectivity index (χ0n) is 2.34. The molecule has 2 nitrogen and oxygen atoms in total. The fraction of sp³-hybridized carbons (Fsp3) is 0. The third-order valence-corrected chi connectivity index (χ3v) is 0. The summed E-state index contributed by atoms with van der Waals surface area (Å²) in [5.74, 6) is 0. The number of hydrogen-bond donors (Lipinski definition) is 1. The number of hydrogen-bond acceptors (Lipinski definition) is 2. The van der Waals surface area contributed by atoms with E-state index in [0.717, 1.165) is 0 Å². The van der Waals surface area contributed by atoms with E-state index in [-0.39, 0.29) is 24.0 Å². The van der Waals surface area contributed by atoms with Gasteiger partial charge in [0.05, 0.1) is 5.24 Å². The molecular weight excluding hydrogens is 201 g/mol. The average molecular weight is 205 g/mol. The molecule has 2 N–H and O–H groups in total. The maximum Gasteiger partial charge on any atom is 0.235 e. The molecule has 0 bridgehead atoms. The summed E-state index contributed by atoms with van der Waals surface area (Å²) in [7, 11) is 0. The zero-order chi connectivity index (χ0) is 3.58. The van der Waals surface area contributed by atoms with E-state index in [1.807, 2.05) is 0 Å². The molecule has 0 heterocycles. The van der Waals surface area contributed by atoms with Crippen molar-refractivity contribution >= 4 is 17.9 Å². The van der Waals surface area contributed by atoms with Crippen LogP contribution in [-0.2, 0) is 12.6 Å². The maximum absolute atomic E-state index is 9.04.